The maximum absolute atomic E-state index is 12.6. The Labute approximate surface area is 151 Å². The number of likely N-dealkylation sites (tertiary alicyclic amines) is 1. The Balaban J connectivity index is 1.59. The summed E-state index contributed by atoms with van der Waals surface area (Å²) < 4.78 is 3.14. The molecule has 4 nitrogen and oxygen atoms in total. The van der Waals surface area contributed by atoms with Gasteiger partial charge in [-0.1, -0.05) is 12.1 Å². The highest BCUT2D eigenvalue weighted by atomic mass is 127. The fourth-order valence-electron chi connectivity index (χ4n) is 3.23. The van der Waals surface area contributed by atoms with E-state index in [0.29, 0.717) is 5.92 Å². The maximum Gasteiger partial charge on any atom is 0.254 e. The number of halogens is 1. The number of aromatic nitrogens is 2. The van der Waals surface area contributed by atoms with Crippen molar-refractivity contribution in [1.82, 2.24) is 14.7 Å². The predicted molar refractivity (Wildman–Crippen MR) is 99.5 cm³/mol. The standard InChI is InChI=1S/C18H22IN3O/c1-13-11-14(2)22(20-13)12-15-7-9-21(10-8-15)18(23)16-5-3-4-6-17(16)19/h3-6,11,15H,7-10,12H2,1-2H3. The first-order chi connectivity index (χ1) is 11.0. The fraction of sp³-hybridized carbons (Fsp3) is 0.444. The summed E-state index contributed by atoms with van der Waals surface area (Å²) in [7, 11) is 0. The molecule has 0 unspecified atom stereocenters. The number of rotatable bonds is 3. The third-order valence-corrected chi connectivity index (χ3v) is 5.48. The molecule has 3 rings (SSSR count). The number of aryl methyl sites for hydroxylation is 2. The normalized spacial score (nSPS) is 15.9. The third-order valence-electron chi connectivity index (χ3n) is 4.54. The van der Waals surface area contributed by atoms with Crippen LogP contribution >= 0.6 is 22.6 Å². The van der Waals surface area contributed by atoms with Gasteiger partial charge < -0.3 is 4.90 Å². The second-order valence-corrected chi connectivity index (χ2v) is 7.49. The lowest BCUT2D eigenvalue weighted by atomic mass is 9.96. The van der Waals surface area contributed by atoms with Crippen LogP contribution < -0.4 is 0 Å². The van der Waals surface area contributed by atoms with E-state index in [-0.39, 0.29) is 5.91 Å². The summed E-state index contributed by atoms with van der Waals surface area (Å²) in [6, 6.07) is 9.94. The highest BCUT2D eigenvalue weighted by Crippen LogP contribution is 2.22. The molecule has 2 heterocycles. The molecule has 2 aromatic rings. The van der Waals surface area contributed by atoms with Gasteiger partial charge in [-0.2, -0.15) is 5.10 Å². The lowest BCUT2D eigenvalue weighted by Crippen LogP contribution is -2.39. The van der Waals surface area contributed by atoms with Crippen LogP contribution in [0.25, 0.3) is 0 Å². The van der Waals surface area contributed by atoms with Gasteiger partial charge in [0.25, 0.3) is 5.91 Å². The fourth-order valence-corrected chi connectivity index (χ4v) is 3.85. The highest BCUT2D eigenvalue weighted by Gasteiger charge is 2.25. The van der Waals surface area contributed by atoms with E-state index in [4.69, 9.17) is 0 Å². The van der Waals surface area contributed by atoms with E-state index in [0.717, 1.165) is 47.3 Å². The van der Waals surface area contributed by atoms with Gasteiger partial charge in [0.05, 0.1) is 11.3 Å². The van der Waals surface area contributed by atoms with E-state index < -0.39 is 0 Å². The summed E-state index contributed by atoms with van der Waals surface area (Å²) >= 11 is 2.24. The molecule has 1 aromatic carbocycles. The van der Waals surface area contributed by atoms with Gasteiger partial charge in [-0.05, 0) is 73.4 Å². The monoisotopic (exact) mass is 423 g/mol. The van der Waals surface area contributed by atoms with Crippen LogP contribution in [0, 0.1) is 23.3 Å². The molecule has 5 heteroatoms. The Morgan fingerprint density at radius 1 is 1.26 bits per heavy atom. The minimum atomic E-state index is 0.166. The van der Waals surface area contributed by atoms with Gasteiger partial charge in [0.2, 0.25) is 0 Å². The Bertz CT molecular complexity index is 702. The molecule has 23 heavy (non-hydrogen) atoms. The molecule has 0 N–H and O–H groups in total. The summed E-state index contributed by atoms with van der Waals surface area (Å²) in [5, 5.41) is 4.55. The van der Waals surface area contributed by atoms with Crippen molar-refractivity contribution in [2.75, 3.05) is 13.1 Å². The van der Waals surface area contributed by atoms with Gasteiger partial charge in [-0.15, -0.1) is 0 Å². The lowest BCUT2D eigenvalue weighted by molar-refractivity contribution is 0.0680. The van der Waals surface area contributed by atoms with Gasteiger partial charge >= 0.3 is 0 Å². The number of hydrogen-bond donors (Lipinski definition) is 0. The zero-order chi connectivity index (χ0) is 16.4. The molecule has 1 aromatic heterocycles. The first-order valence-corrected chi connectivity index (χ1v) is 9.17. The van der Waals surface area contributed by atoms with Gasteiger partial charge in [0.1, 0.15) is 0 Å². The summed E-state index contributed by atoms with van der Waals surface area (Å²) in [5.74, 6) is 0.770. The molecule has 0 atom stereocenters. The van der Waals surface area contributed by atoms with Crippen LogP contribution in [0.4, 0.5) is 0 Å². The van der Waals surface area contributed by atoms with Gasteiger partial charge in [0, 0.05) is 28.9 Å². The largest absolute Gasteiger partial charge is 0.339 e. The lowest BCUT2D eigenvalue weighted by Gasteiger charge is -2.32. The molecule has 0 spiro atoms. The summed E-state index contributed by atoms with van der Waals surface area (Å²) in [4.78, 5) is 14.6. The number of hydrogen-bond acceptors (Lipinski definition) is 2. The summed E-state index contributed by atoms with van der Waals surface area (Å²) in [5.41, 5.74) is 3.12. The Morgan fingerprint density at radius 2 is 1.96 bits per heavy atom. The van der Waals surface area contributed by atoms with E-state index >= 15 is 0 Å². The molecule has 1 aliphatic heterocycles. The van der Waals surface area contributed by atoms with Crippen LogP contribution in [0.15, 0.2) is 30.3 Å². The molecule has 0 aliphatic carbocycles. The van der Waals surface area contributed by atoms with Crippen LogP contribution in [0.5, 0.6) is 0 Å². The molecule has 1 saturated heterocycles. The van der Waals surface area contributed by atoms with Crippen molar-refractivity contribution in [3.05, 3.63) is 50.9 Å². The molecular weight excluding hydrogens is 401 g/mol. The molecule has 1 fully saturated rings. The van der Waals surface area contributed by atoms with Crippen molar-refractivity contribution in [1.29, 1.82) is 0 Å². The Morgan fingerprint density at radius 3 is 2.57 bits per heavy atom. The topological polar surface area (TPSA) is 38.1 Å². The highest BCUT2D eigenvalue weighted by molar-refractivity contribution is 14.1. The minimum Gasteiger partial charge on any atom is -0.339 e. The van der Waals surface area contributed by atoms with Crippen molar-refractivity contribution >= 4 is 28.5 Å². The van der Waals surface area contributed by atoms with Crippen molar-refractivity contribution in [2.45, 2.75) is 33.2 Å². The number of piperidine rings is 1. The number of benzene rings is 1. The molecule has 1 aliphatic rings. The predicted octanol–water partition coefficient (Wildman–Crippen LogP) is 3.66. The summed E-state index contributed by atoms with van der Waals surface area (Å²) in [6.07, 6.45) is 2.10. The second-order valence-electron chi connectivity index (χ2n) is 6.32. The number of carbonyl (C=O) groups excluding carboxylic acids is 1. The maximum atomic E-state index is 12.6. The summed E-state index contributed by atoms with van der Waals surface area (Å²) in [6.45, 7) is 6.79. The van der Waals surface area contributed by atoms with Gasteiger partial charge in [0.15, 0.2) is 0 Å². The second kappa shape index (κ2) is 7.03. The molecular formula is C18H22IN3O. The van der Waals surface area contributed by atoms with Crippen LogP contribution in [0.1, 0.15) is 34.6 Å². The van der Waals surface area contributed by atoms with Crippen LogP contribution in [0.2, 0.25) is 0 Å². The van der Waals surface area contributed by atoms with Gasteiger partial charge in [-0.25, -0.2) is 0 Å². The first-order valence-electron chi connectivity index (χ1n) is 8.09. The molecule has 0 radical (unpaired) electrons. The van der Waals surface area contributed by atoms with Gasteiger partial charge in [-0.3, -0.25) is 9.48 Å². The van der Waals surface area contributed by atoms with Crippen molar-refractivity contribution in [2.24, 2.45) is 5.92 Å². The molecule has 0 saturated carbocycles. The average Bonchev–Trinajstić information content (AvgIpc) is 2.85. The van der Waals surface area contributed by atoms with Crippen LogP contribution in [-0.2, 0) is 6.54 Å². The average molecular weight is 423 g/mol. The smallest absolute Gasteiger partial charge is 0.254 e. The minimum absolute atomic E-state index is 0.166. The molecule has 1 amide bonds. The Kier molecular flexibility index (Phi) is 5.04. The van der Waals surface area contributed by atoms with Crippen LogP contribution in [-0.4, -0.2) is 33.7 Å². The van der Waals surface area contributed by atoms with E-state index in [1.165, 1.54) is 5.69 Å². The Hall–Kier alpha value is -1.37. The molecule has 0 bridgehead atoms. The number of carbonyl (C=O) groups is 1. The van der Waals surface area contributed by atoms with E-state index in [1.54, 1.807) is 0 Å². The van der Waals surface area contributed by atoms with Crippen molar-refractivity contribution < 1.29 is 4.79 Å². The zero-order valence-corrected chi connectivity index (χ0v) is 15.8. The van der Waals surface area contributed by atoms with E-state index in [2.05, 4.69) is 45.4 Å². The van der Waals surface area contributed by atoms with Crippen molar-refractivity contribution in [3.8, 4) is 0 Å². The zero-order valence-electron chi connectivity index (χ0n) is 13.6. The van der Waals surface area contributed by atoms with E-state index in [9.17, 15) is 4.79 Å². The SMILES string of the molecule is Cc1cc(C)n(CC2CCN(C(=O)c3ccccc3I)CC2)n1. The number of nitrogens with zero attached hydrogens (tertiary/aromatic N) is 3. The van der Waals surface area contributed by atoms with E-state index in [1.807, 2.05) is 36.1 Å². The quantitative estimate of drug-likeness (QED) is 0.707. The number of amides is 1. The van der Waals surface area contributed by atoms with Crippen molar-refractivity contribution in [3.63, 3.8) is 0 Å². The first kappa shape index (κ1) is 16.5. The van der Waals surface area contributed by atoms with Crippen LogP contribution in [0.3, 0.4) is 0 Å². The third kappa shape index (κ3) is 3.76. The molecule has 122 valence electrons.